The number of nitrogens with one attached hydrogen (secondary N) is 1. The Labute approximate surface area is 201 Å². The van der Waals surface area contributed by atoms with Gasteiger partial charge in [0.25, 0.3) is 0 Å². The molecule has 2 fully saturated rings. The normalized spacial score (nSPS) is 22.6. The zero-order valence-corrected chi connectivity index (χ0v) is 20.3. The standard InChI is InChI=1S/C22H25BFN5O3.C2H6/c1-12-4-15(19(23)32)16(24)5-17(12)26-21-25-10-18(28(2)3)20(27-21)29(11-30)13-6-22(7-13)8-14(31)9-22;1-2/h4-5,10-11,13-14,31H,6-9H2,1-3H3,(H,25,26,27);1-2H3. The Bertz CT molecular complexity index is 1070. The monoisotopic (exact) mass is 467 g/mol. The van der Waals surface area contributed by atoms with Gasteiger partial charge < -0.3 is 20.1 Å². The molecule has 2 radical (unpaired) electrons. The van der Waals surface area contributed by atoms with Gasteiger partial charge in [0.05, 0.1) is 18.0 Å². The van der Waals surface area contributed by atoms with Gasteiger partial charge >= 0.3 is 0 Å². The maximum absolute atomic E-state index is 14.3. The lowest BCUT2D eigenvalue weighted by molar-refractivity contribution is -0.113. The summed E-state index contributed by atoms with van der Waals surface area (Å²) < 4.78 is 14.3. The van der Waals surface area contributed by atoms with E-state index in [4.69, 9.17) is 7.85 Å². The zero-order valence-electron chi connectivity index (χ0n) is 20.3. The fraction of sp³-hybridized carbons (Fsp3) is 0.500. The Hall–Kier alpha value is -3.01. The second kappa shape index (κ2) is 10.1. The van der Waals surface area contributed by atoms with E-state index >= 15 is 0 Å². The van der Waals surface area contributed by atoms with Crippen LogP contribution in [-0.4, -0.2) is 61.3 Å². The van der Waals surface area contributed by atoms with E-state index in [-0.39, 0.29) is 29.1 Å². The topological polar surface area (TPSA) is 98.7 Å². The van der Waals surface area contributed by atoms with Crippen LogP contribution < -0.4 is 15.1 Å². The molecule has 1 heterocycles. The smallest absolute Gasteiger partial charge is 0.229 e. The summed E-state index contributed by atoms with van der Waals surface area (Å²) in [6.07, 6.45) is 5.34. The van der Waals surface area contributed by atoms with Crippen LogP contribution in [0.15, 0.2) is 18.3 Å². The largest absolute Gasteiger partial charge is 0.393 e. The maximum Gasteiger partial charge on any atom is 0.229 e. The number of anilines is 4. The predicted molar refractivity (Wildman–Crippen MR) is 131 cm³/mol. The van der Waals surface area contributed by atoms with Crippen molar-refractivity contribution in [1.82, 2.24) is 9.97 Å². The van der Waals surface area contributed by atoms with Crippen molar-refractivity contribution in [3.63, 3.8) is 0 Å². The first-order valence-corrected chi connectivity index (χ1v) is 11.5. The number of nitrogens with zero attached hydrogens (tertiary/aromatic N) is 4. The fourth-order valence-electron chi connectivity index (χ4n) is 4.78. The molecule has 4 rings (SSSR count). The third kappa shape index (κ3) is 4.92. The maximum atomic E-state index is 14.3. The number of carbonyl (C=O) groups is 2. The van der Waals surface area contributed by atoms with Crippen LogP contribution in [0.4, 0.5) is 27.5 Å². The lowest BCUT2D eigenvalue weighted by Crippen LogP contribution is -2.58. The molecule has 34 heavy (non-hydrogen) atoms. The molecule has 10 heteroatoms. The number of rotatable bonds is 7. The van der Waals surface area contributed by atoms with Gasteiger partial charge in [-0.1, -0.05) is 13.8 Å². The number of amides is 1. The summed E-state index contributed by atoms with van der Waals surface area (Å²) in [7, 11) is 8.88. The van der Waals surface area contributed by atoms with Crippen LogP contribution in [0.3, 0.4) is 0 Å². The molecule has 2 aliphatic rings. The van der Waals surface area contributed by atoms with Crippen LogP contribution in [0.5, 0.6) is 0 Å². The number of hydrogen-bond acceptors (Lipinski definition) is 7. The number of halogens is 1. The van der Waals surface area contributed by atoms with Gasteiger partial charge in [0.2, 0.25) is 12.4 Å². The third-order valence-corrected chi connectivity index (χ3v) is 6.48. The summed E-state index contributed by atoms with van der Waals surface area (Å²) in [5.74, 6) is -0.0957. The van der Waals surface area contributed by atoms with Gasteiger partial charge in [-0.05, 0) is 55.7 Å². The quantitative estimate of drug-likeness (QED) is 0.476. The first-order chi connectivity index (χ1) is 16.1. The number of aromatic nitrogens is 2. The van der Waals surface area contributed by atoms with Gasteiger partial charge in [0.1, 0.15) is 11.5 Å². The van der Waals surface area contributed by atoms with Crippen LogP contribution in [0.2, 0.25) is 0 Å². The molecule has 2 saturated carbocycles. The van der Waals surface area contributed by atoms with E-state index in [2.05, 4.69) is 15.3 Å². The predicted octanol–water partition coefficient (Wildman–Crippen LogP) is 3.33. The Morgan fingerprint density at radius 2 is 1.91 bits per heavy atom. The van der Waals surface area contributed by atoms with Gasteiger partial charge in [-0.3, -0.25) is 9.69 Å². The van der Waals surface area contributed by atoms with Crippen LogP contribution in [0.1, 0.15) is 55.5 Å². The minimum Gasteiger partial charge on any atom is -0.393 e. The van der Waals surface area contributed by atoms with Crippen LogP contribution >= 0.6 is 0 Å². The molecule has 0 unspecified atom stereocenters. The van der Waals surface area contributed by atoms with E-state index in [1.807, 2.05) is 32.8 Å². The summed E-state index contributed by atoms with van der Waals surface area (Å²) in [4.78, 5) is 35.7. The highest BCUT2D eigenvalue weighted by Gasteiger charge is 2.54. The Morgan fingerprint density at radius 3 is 2.44 bits per heavy atom. The Morgan fingerprint density at radius 1 is 1.26 bits per heavy atom. The number of benzene rings is 1. The van der Waals surface area contributed by atoms with Crippen LogP contribution in [0.25, 0.3) is 0 Å². The molecule has 0 saturated heterocycles. The second-order valence-corrected chi connectivity index (χ2v) is 9.07. The van der Waals surface area contributed by atoms with Crippen molar-refractivity contribution >= 4 is 43.1 Å². The molecular formula is C24H31BFN5O3. The molecule has 1 aromatic carbocycles. The van der Waals surface area contributed by atoms with Gasteiger partial charge in [0.15, 0.2) is 13.7 Å². The highest BCUT2D eigenvalue weighted by atomic mass is 19.1. The fourth-order valence-corrected chi connectivity index (χ4v) is 4.78. The average molecular weight is 467 g/mol. The number of hydrogen-bond donors (Lipinski definition) is 2. The van der Waals surface area contributed by atoms with Crippen molar-refractivity contribution in [3.05, 3.63) is 35.3 Å². The number of aliphatic hydroxyl groups is 1. The molecule has 180 valence electrons. The summed E-state index contributed by atoms with van der Waals surface area (Å²) in [5.41, 5.74) is 0.756. The minimum absolute atomic E-state index is 0.00418. The van der Waals surface area contributed by atoms with E-state index in [1.165, 1.54) is 12.1 Å². The lowest BCUT2D eigenvalue weighted by Gasteiger charge is -2.58. The van der Waals surface area contributed by atoms with Crippen molar-refractivity contribution in [2.24, 2.45) is 5.41 Å². The highest BCUT2D eigenvalue weighted by molar-refractivity contribution is 6.62. The van der Waals surface area contributed by atoms with Gasteiger partial charge in [-0.15, -0.1) is 0 Å². The van der Waals surface area contributed by atoms with E-state index in [0.29, 0.717) is 22.8 Å². The summed E-state index contributed by atoms with van der Waals surface area (Å²) in [6.45, 7) is 5.71. The summed E-state index contributed by atoms with van der Waals surface area (Å²) >= 11 is 0. The highest BCUT2D eigenvalue weighted by Crippen LogP contribution is 2.57. The first kappa shape index (κ1) is 25.6. The molecule has 1 aromatic heterocycles. The lowest BCUT2D eigenvalue weighted by atomic mass is 9.52. The molecule has 2 aliphatic carbocycles. The summed E-state index contributed by atoms with van der Waals surface area (Å²) in [6, 6.07) is 2.54. The molecule has 8 nitrogen and oxygen atoms in total. The van der Waals surface area contributed by atoms with E-state index < -0.39 is 11.5 Å². The molecule has 0 aliphatic heterocycles. The van der Waals surface area contributed by atoms with Crippen molar-refractivity contribution in [3.8, 4) is 0 Å². The molecular weight excluding hydrogens is 436 g/mol. The van der Waals surface area contributed by atoms with Crippen molar-refractivity contribution in [2.45, 2.75) is 58.6 Å². The molecule has 2 aromatic rings. The molecule has 2 N–H and O–H groups in total. The van der Waals surface area contributed by atoms with E-state index in [1.54, 1.807) is 18.0 Å². The van der Waals surface area contributed by atoms with Gasteiger partial charge in [0, 0.05) is 31.4 Å². The Kier molecular flexibility index (Phi) is 7.60. The number of carbonyl (C=O) groups excluding carboxylic acids is 2. The summed E-state index contributed by atoms with van der Waals surface area (Å²) in [5, 5.41) is 12.6. The molecule has 1 spiro atoms. The van der Waals surface area contributed by atoms with E-state index in [0.717, 1.165) is 32.1 Å². The molecule has 0 bridgehead atoms. The SMILES string of the molecule is CC.[B]C(=O)c1cc(C)c(Nc2ncc(N(C)C)c(N(C=O)C3CC4(CC(O)C4)C3)n2)cc1F. The van der Waals surface area contributed by atoms with Gasteiger partial charge in [-0.2, -0.15) is 4.98 Å². The molecule has 0 atom stereocenters. The first-order valence-electron chi connectivity index (χ1n) is 11.5. The van der Waals surface area contributed by atoms with E-state index in [9.17, 15) is 19.1 Å². The van der Waals surface area contributed by atoms with Crippen LogP contribution in [0, 0.1) is 18.2 Å². The number of aryl methyl sites for hydroxylation is 1. The van der Waals surface area contributed by atoms with Crippen molar-refractivity contribution in [2.75, 3.05) is 29.2 Å². The average Bonchev–Trinajstić information content (AvgIpc) is 2.75. The van der Waals surface area contributed by atoms with Crippen molar-refractivity contribution < 1.29 is 19.1 Å². The zero-order chi connectivity index (χ0) is 25.2. The third-order valence-electron chi connectivity index (χ3n) is 6.48. The Balaban J connectivity index is 0.00000158. The number of aliphatic hydroxyl groups excluding tert-OH is 1. The van der Waals surface area contributed by atoms with Crippen LogP contribution in [-0.2, 0) is 4.79 Å². The van der Waals surface area contributed by atoms with Gasteiger partial charge in [-0.25, -0.2) is 9.37 Å². The second-order valence-electron chi connectivity index (χ2n) is 9.07. The molecule has 1 amide bonds. The van der Waals surface area contributed by atoms with Crippen molar-refractivity contribution in [1.29, 1.82) is 0 Å². The minimum atomic E-state index is -0.843.